The first-order chi connectivity index (χ1) is 5.27. The molecule has 0 spiro atoms. The minimum absolute atomic E-state index is 0.314. The number of aliphatic carboxylic acids is 1. The van der Waals surface area contributed by atoms with Crippen LogP contribution in [0.25, 0.3) is 0 Å². The summed E-state index contributed by atoms with van der Waals surface area (Å²) < 4.78 is 10.3. The Morgan fingerprint density at radius 1 is 1.45 bits per heavy atom. The molecular weight excluding hydrogens is 150 g/mol. The molecule has 0 radical (unpaired) electrons. The molecule has 3 atom stereocenters. The summed E-state index contributed by atoms with van der Waals surface area (Å²) in [6.07, 6.45) is -1.46. The molecule has 2 N–H and O–H groups in total. The zero-order valence-corrected chi connectivity index (χ0v) is 5.82. The minimum atomic E-state index is -0.943. The van der Waals surface area contributed by atoms with Gasteiger partial charge in [-0.1, -0.05) is 0 Å². The summed E-state index contributed by atoms with van der Waals surface area (Å²) in [5.74, 6) is -0.943. The Balaban J connectivity index is 2.08. The van der Waals surface area contributed by atoms with Crippen LogP contribution in [0.3, 0.4) is 0 Å². The van der Waals surface area contributed by atoms with Crippen LogP contribution in [0.2, 0.25) is 0 Å². The Hall–Kier alpha value is -0.650. The molecule has 0 saturated carbocycles. The number of morpholine rings is 1. The topological polar surface area (TPSA) is 67.8 Å². The summed E-state index contributed by atoms with van der Waals surface area (Å²) >= 11 is 0. The van der Waals surface area contributed by atoms with Gasteiger partial charge in [0.1, 0.15) is 6.10 Å². The Morgan fingerprint density at radius 2 is 2.27 bits per heavy atom. The highest BCUT2D eigenvalue weighted by Gasteiger charge is 2.43. The first-order valence-electron chi connectivity index (χ1n) is 3.52. The highest BCUT2D eigenvalue weighted by molar-refractivity contribution is 5.73. The zero-order chi connectivity index (χ0) is 7.84. The molecule has 2 fully saturated rings. The van der Waals surface area contributed by atoms with Crippen LogP contribution in [0.4, 0.5) is 0 Å². The second-order valence-corrected chi connectivity index (χ2v) is 2.66. The fourth-order valence-electron chi connectivity index (χ4n) is 1.36. The van der Waals surface area contributed by atoms with E-state index in [1.54, 1.807) is 0 Å². The Morgan fingerprint density at radius 3 is 2.91 bits per heavy atom. The van der Waals surface area contributed by atoms with Crippen LogP contribution in [0, 0.1) is 0 Å². The number of nitrogens with one attached hydrogen (secondary N) is 1. The van der Waals surface area contributed by atoms with Crippen LogP contribution in [0.5, 0.6) is 0 Å². The van der Waals surface area contributed by atoms with Crippen molar-refractivity contribution in [2.45, 2.75) is 18.5 Å². The van der Waals surface area contributed by atoms with Gasteiger partial charge in [-0.05, 0) is 0 Å². The third-order valence-electron chi connectivity index (χ3n) is 1.86. The van der Waals surface area contributed by atoms with Crippen LogP contribution >= 0.6 is 0 Å². The van der Waals surface area contributed by atoms with Crippen LogP contribution in [0.15, 0.2) is 0 Å². The van der Waals surface area contributed by atoms with Gasteiger partial charge in [-0.15, -0.1) is 0 Å². The number of carbonyl (C=O) groups is 1. The molecule has 62 valence electrons. The third kappa shape index (κ3) is 1.11. The molecule has 0 aromatic heterocycles. The van der Waals surface area contributed by atoms with E-state index in [0.29, 0.717) is 13.1 Å². The summed E-state index contributed by atoms with van der Waals surface area (Å²) in [7, 11) is 0. The fraction of sp³-hybridized carbons (Fsp3) is 0.833. The van der Waals surface area contributed by atoms with Crippen molar-refractivity contribution >= 4 is 5.97 Å². The van der Waals surface area contributed by atoms with Gasteiger partial charge in [0, 0.05) is 13.1 Å². The van der Waals surface area contributed by atoms with Crippen molar-refractivity contribution in [3.8, 4) is 0 Å². The van der Waals surface area contributed by atoms with Crippen LogP contribution in [0.1, 0.15) is 0 Å². The fourth-order valence-corrected chi connectivity index (χ4v) is 1.36. The lowest BCUT2D eigenvalue weighted by molar-refractivity contribution is -0.149. The highest BCUT2D eigenvalue weighted by Crippen LogP contribution is 2.21. The summed E-state index contributed by atoms with van der Waals surface area (Å²) in [4.78, 5) is 10.5. The van der Waals surface area contributed by atoms with Crippen molar-refractivity contribution in [2.75, 3.05) is 13.1 Å². The smallest absolute Gasteiger partial charge is 0.335 e. The molecule has 2 heterocycles. The summed E-state index contributed by atoms with van der Waals surface area (Å²) in [6, 6.07) is 0. The van der Waals surface area contributed by atoms with E-state index >= 15 is 0 Å². The standard InChI is InChI=1S/C6H9NO4/c8-6(9)5-3-1-7-2-4(10-3)11-5/h3-5,7H,1-2H2,(H,8,9)/t3-,4-,5+/m1/s1. The molecule has 0 amide bonds. The van der Waals surface area contributed by atoms with E-state index in [0.717, 1.165) is 0 Å². The van der Waals surface area contributed by atoms with Gasteiger partial charge in [0.2, 0.25) is 0 Å². The summed E-state index contributed by atoms with van der Waals surface area (Å²) in [5.41, 5.74) is 0. The predicted octanol–water partition coefficient (Wildman–Crippen LogP) is -1.22. The third-order valence-corrected chi connectivity index (χ3v) is 1.86. The normalized spacial score (nSPS) is 42.4. The number of hydrogen-bond acceptors (Lipinski definition) is 4. The molecule has 11 heavy (non-hydrogen) atoms. The van der Waals surface area contributed by atoms with E-state index in [1.807, 2.05) is 0 Å². The highest BCUT2D eigenvalue weighted by atomic mass is 16.7. The van der Waals surface area contributed by atoms with Gasteiger partial charge in [0.25, 0.3) is 0 Å². The molecule has 2 rings (SSSR count). The first kappa shape index (κ1) is 7.02. The van der Waals surface area contributed by atoms with E-state index in [-0.39, 0.29) is 12.4 Å². The second-order valence-electron chi connectivity index (χ2n) is 2.66. The van der Waals surface area contributed by atoms with Crippen molar-refractivity contribution in [3.63, 3.8) is 0 Å². The van der Waals surface area contributed by atoms with E-state index in [9.17, 15) is 4.79 Å². The van der Waals surface area contributed by atoms with Gasteiger partial charge in [0.15, 0.2) is 12.4 Å². The van der Waals surface area contributed by atoms with Crippen molar-refractivity contribution in [1.82, 2.24) is 5.32 Å². The van der Waals surface area contributed by atoms with E-state index < -0.39 is 12.1 Å². The Bertz CT molecular complexity index is 183. The zero-order valence-electron chi connectivity index (χ0n) is 5.82. The van der Waals surface area contributed by atoms with Crippen molar-refractivity contribution in [3.05, 3.63) is 0 Å². The molecule has 5 heteroatoms. The Kier molecular flexibility index (Phi) is 1.56. The van der Waals surface area contributed by atoms with Gasteiger partial charge in [-0.3, -0.25) is 0 Å². The number of hydrogen-bond donors (Lipinski definition) is 2. The number of fused-ring (bicyclic) bond motifs is 2. The van der Waals surface area contributed by atoms with Crippen LogP contribution < -0.4 is 5.32 Å². The van der Waals surface area contributed by atoms with Gasteiger partial charge in [-0.25, -0.2) is 4.79 Å². The molecule has 2 aliphatic heterocycles. The van der Waals surface area contributed by atoms with Gasteiger partial charge >= 0.3 is 5.97 Å². The largest absolute Gasteiger partial charge is 0.479 e. The van der Waals surface area contributed by atoms with Gasteiger partial charge in [0.05, 0.1) is 0 Å². The van der Waals surface area contributed by atoms with E-state index in [4.69, 9.17) is 14.6 Å². The van der Waals surface area contributed by atoms with Gasteiger partial charge in [-0.2, -0.15) is 0 Å². The number of carboxylic acids is 1. The molecule has 2 aliphatic rings. The molecule has 0 unspecified atom stereocenters. The minimum Gasteiger partial charge on any atom is -0.479 e. The van der Waals surface area contributed by atoms with E-state index in [2.05, 4.69) is 5.32 Å². The lowest BCUT2D eigenvalue weighted by Gasteiger charge is -2.18. The molecular formula is C6H9NO4. The summed E-state index contributed by atoms with van der Waals surface area (Å²) in [6.45, 7) is 1.15. The van der Waals surface area contributed by atoms with E-state index in [1.165, 1.54) is 0 Å². The molecule has 0 aliphatic carbocycles. The molecule has 0 aromatic carbocycles. The lowest BCUT2D eigenvalue weighted by Crippen LogP contribution is -2.42. The average molecular weight is 159 g/mol. The summed E-state index contributed by atoms with van der Waals surface area (Å²) in [5, 5.41) is 11.6. The number of rotatable bonds is 1. The predicted molar refractivity (Wildman–Crippen MR) is 34.0 cm³/mol. The van der Waals surface area contributed by atoms with Crippen LogP contribution in [-0.2, 0) is 14.3 Å². The van der Waals surface area contributed by atoms with Crippen molar-refractivity contribution in [2.24, 2.45) is 0 Å². The van der Waals surface area contributed by atoms with Crippen LogP contribution in [-0.4, -0.2) is 42.7 Å². The lowest BCUT2D eigenvalue weighted by atomic mass is 10.2. The molecule has 0 aromatic rings. The molecule has 5 nitrogen and oxygen atoms in total. The maximum absolute atomic E-state index is 10.5. The monoisotopic (exact) mass is 159 g/mol. The number of carboxylic acid groups (broad SMARTS) is 1. The average Bonchev–Trinajstić information content (AvgIpc) is 2.27. The first-order valence-corrected chi connectivity index (χ1v) is 3.52. The second kappa shape index (κ2) is 2.44. The number of ether oxygens (including phenoxy) is 2. The maximum atomic E-state index is 10.5. The SMILES string of the molecule is O=C(O)[C@H]1O[C@@H]2CNC[C@H]1O2. The molecule has 2 saturated heterocycles. The molecule has 2 bridgehead atoms. The van der Waals surface area contributed by atoms with Gasteiger partial charge < -0.3 is 19.9 Å². The van der Waals surface area contributed by atoms with Crippen molar-refractivity contribution < 1.29 is 19.4 Å². The maximum Gasteiger partial charge on any atom is 0.335 e. The quantitative estimate of drug-likeness (QED) is 0.502. The van der Waals surface area contributed by atoms with Crippen molar-refractivity contribution in [1.29, 1.82) is 0 Å². The Labute approximate surface area is 63.3 Å².